The quantitative estimate of drug-likeness (QED) is 0.215. The Morgan fingerprint density at radius 1 is 0.538 bits per heavy atom. The van der Waals surface area contributed by atoms with Crippen LogP contribution in [-0.4, -0.2) is 107 Å². The molecule has 3 fully saturated rings. The molecule has 5 N–H and O–H groups in total. The molecule has 0 saturated carbocycles. The normalized spacial score (nSPS) is 27.3. The van der Waals surface area contributed by atoms with E-state index in [4.69, 9.17) is 0 Å². The van der Waals surface area contributed by atoms with E-state index in [2.05, 4.69) is 26.6 Å². The summed E-state index contributed by atoms with van der Waals surface area (Å²) in [5.74, 6) is -3.24. The maximum Gasteiger partial charge on any atom is 0.245 e. The highest BCUT2D eigenvalue weighted by molar-refractivity contribution is 5.98. The van der Waals surface area contributed by atoms with Crippen LogP contribution in [0.5, 0.6) is 0 Å². The number of likely N-dealkylation sites (tertiary alicyclic amines) is 1. The first-order valence-corrected chi connectivity index (χ1v) is 19.6. The van der Waals surface area contributed by atoms with Crippen LogP contribution in [0.2, 0.25) is 0 Å². The molecule has 1 unspecified atom stereocenters. The highest BCUT2D eigenvalue weighted by Gasteiger charge is 2.41. The van der Waals surface area contributed by atoms with Gasteiger partial charge < -0.3 is 36.4 Å². The Labute approximate surface area is 310 Å². The summed E-state index contributed by atoms with van der Waals surface area (Å²) in [5.41, 5.74) is 0. The summed E-state index contributed by atoms with van der Waals surface area (Å²) in [6, 6.07) is -6.03. The first-order valence-electron chi connectivity index (χ1n) is 19.6. The summed E-state index contributed by atoms with van der Waals surface area (Å²) in [6.07, 6.45) is 3.90. The average molecular weight is 732 g/mol. The molecule has 294 valence electrons. The number of nitrogens with zero attached hydrogens (tertiary/aromatic N) is 2. The van der Waals surface area contributed by atoms with Gasteiger partial charge >= 0.3 is 0 Å². The molecule has 0 aromatic carbocycles. The Bertz CT molecular complexity index is 1280. The van der Waals surface area contributed by atoms with E-state index in [1.165, 1.54) is 4.90 Å². The molecule has 3 aliphatic rings. The minimum Gasteiger partial charge on any atom is -0.343 e. The third-order valence-electron chi connectivity index (χ3n) is 9.92. The Kier molecular flexibility index (Phi) is 16.4. The maximum absolute atomic E-state index is 14.2. The number of hydrogen-bond acceptors (Lipinski definition) is 7. The zero-order valence-corrected chi connectivity index (χ0v) is 32.7. The summed E-state index contributed by atoms with van der Waals surface area (Å²) in [4.78, 5) is 100. The monoisotopic (exact) mass is 731 g/mol. The molecule has 3 saturated heterocycles. The largest absolute Gasteiger partial charge is 0.343 e. The van der Waals surface area contributed by atoms with Crippen LogP contribution < -0.4 is 26.6 Å². The molecule has 7 amide bonds. The maximum atomic E-state index is 14.2. The third kappa shape index (κ3) is 12.8. The number of nitrogens with one attached hydrogen (secondary N) is 5. The molecule has 3 heterocycles. The van der Waals surface area contributed by atoms with Gasteiger partial charge in [-0.2, -0.15) is 0 Å². The number of amides is 7. The minimum absolute atomic E-state index is 0.00129. The van der Waals surface area contributed by atoms with Crippen LogP contribution in [0.25, 0.3) is 0 Å². The summed E-state index contributed by atoms with van der Waals surface area (Å²) in [5, 5.41) is 14.3. The highest BCUT2D eigenvalue weighted by atomic mass is 16.2. The molecule has 6 atom stereocenters. The van der Waals surface area contributed by atoms with Crippen molar-refractivity contribution in [2.45, 2.75) is 156 Å². The van der Waals surface area contributed by atoms with Gasteiger partial charge in [-0.15, -0.1) is 0 Å². The van der Waals surface area contributed by atoms with Crippen LogP contribution in [0.15, 0.2) is 0 Å². The fourth-order valence-electron chi connectivity index (χ4n) is 7.32. The first kappa shape index (κ1) is 42.7. The Morgan fingerprint density at radius 3 is 1.37 bits per heavy atom. The number of hydrogen-bond donors (Lipinski definition) is 5. The molecular formula is C38H65N7O7. The molecule has 3 rings (SSSR count). The van der Waals surface area contributed by atoms with Gasteiger partial charge in [0.2, 0.25) is 41.4 Å². The van der Waals surface area contributed by atoms with Gasteiger partial charge in [0.25, 0.3) is 0 Å². The van der Waals surface area contributed by atoms with Crippen LogP contribution in [0.1, 0.15) is 120 Å². The SMILES string of the molecule is CC(C)C[C@@H]1NC(=O)C(CCC(=O)N2CCCC2)NC(=O)[C@H]2CCCN2C(=O)[C@H](CC(C)C)NC(=O)[C@H](CC(C)C)NC(=O)[C@@H](CC(C)C)NC1=O. The average Bonchev–Trinajstić information content (AvgIpc) is 3.77. The van der Waals surface area contributed by atoms with E-state index < -0.39 is 71.7 Å². The molecule has 14 heteroatoms. The molecule has 0 spiro atoms. The fraction of sp³-hybridized carbons (Fsp3) is 0.816. The van der Waals surface area contributed by atoms with Crippen molar-refractivity contribution in [2.24, 2.45) is 23.7 Å². The van der Waals surface area contributed by atoms with E-state index in [1.807, 2.05) is 55.4 Å². The summed E-state index contributed by atoms with van der Waals surface area (Å²) in [6.45, 7) is 17.0. The zero-order valence-electron chi connectivity index (χ0n) is 32.7. The molecular weight excluding hydrogens is 666 g/mol. The Hall–Kier alpha value is -3.71. The fourth-order valence-corrected chi connectivity index (χ4v) is 7.32. The van der Waals surface area contributed by atoms with Crippen molar-refractivity contribution in [3.8, 4) is 0 Å². The Morgan fingerprint density at radius 2 is 0.923 bits per heavy atom. The van der Waals surface area contributed by atoms with Crippen molar-refractivity contribution in [3.63, 3.8) is 0 Å². The molecule has 0 aromatic rings. The lowest BCUT2D eigenvalue weighted by Crippen LogP contribution is -2.61. The second kappa shape index (κ2) is 19.9. The predicted octanol–water partition coefficient (Wildman–Crippen LogP) is 2.00. The molecule has 3 aliphatic heterocycles. The van der Waals surface area contributed by atoms with Crippen LogP contribution in [0, 0.1) is 23.7 Å². The van der Waals surface area contributed by atoms with Crippen molar-refractivity contribution in [3.05, 3.63) is 0 Å². The van der Waals surface area contributed by atoms with Crippen molar-refractivity contribution in [2.75, 3.05) is 19.6 Å². The van der Waals surface area contributed by atoms with Gasteiger partial charge in [-0.3, -0.25) is 33.6 Å². The van der Waals surface area contributed by atoms with Crippen LogP contribution in [-0.2, 0) is 33.6 Å². The smallest absolute Gasteiger partial charge is 0.245 e. The molecule has 0 aliphatic carbocycles. The van der Waals surface area contributed by atoms with E-state index in [-0.39, 0.29) is 55.3 Å². The molecule has 0 aromatic heterocycles. The standard InChI is InChI=1S/C38H65N7O7/c1-22(2)18-27-34(48)41-28(19-23(3)4)35(49)42-29(20-24(5)6)36(50)43-30(21-25(7)8)38(52)45-17-11-12-31(45)37(51)39-26(33(47)40-27)13-14-32(46)44-15-9-10-16-44/h22-31H,9-21H2,1-8H3,(H,39,51)(H,40,47)(H,41,48)(H,42,49)(H,43,50)/t26?,27-,28+,29-,30-,31+/m0/s1. The van der Waals surface area contributed by atoms with Crippen LogP contribution in [0.3, 0.4) is 0 Å². The van der Waals surface area contributed by atoms with Gasteiger partial charge in [0.1, 0.15) is 36.3 Å². The summed E-state index contributed by atoms with van der Waals surface area (Å²) < 4.78 is 0. The van der Waals surface area contributed by atoms with Gasteiger partial charge in [-0.25, -0.2) is 0 Å². The van der Waals surface area contributed by atoms with E-state index in [9.17, 15) is 33.6 Å². The minimum atomic E-state index is -1.16. The van der Waals surface area contributed by atoms with Gasteiger partial charge in [0.15, 0.2) is 0 Å². The van der Waals surface area contributed by atoms with E-state index in [0.29, 0.717) is 45.3 Å². The first-order chi connectivity index (χ1) is 24.5. The van der Waals surface area contributed by atoms with E-state index in [1.54, 1.807) is 4.90 Å². The molecule has 0 radical (unpaired) electrons. The lowest BCUT2D eigenvalue weighted by atomic mass is 9.97. The second-order valence-electron chi connectivity index (χ2n) is 16.6. The molecule has 52 heavy (non-hydrogen) atoms. The van der Waals surface area contributed by atoms with Gasteiger partial charge in [-0.05, 0) is 81.5 Å². The van der Waals surface area contributed by atoms with Gasteiger partial charge in [0.05, 0.1) is 0 Å². The Balaban J connectivity index is 2.05. The predicted molar refractivity (Wildman–Crippen MR) is 197 cm³/mol. The van der Waals surface area contributed by atoms with Crippen molar-refractivity contribution >= 4 is 41.4 Å². The van der Waals surface area contributed by atoms with Crippen molar-refractivity contribution in [1.82, 2.24) is 36.4 Å². The molecule has 14 nitrogen and oxygen atoms in total. The summed E-state index contributed by atoms with van der Waals surface area (Å²) in [7, 11) is 0. The summed E-state index contributed by atoms with van der Waals surface area (Å²) >= 11 is 0. The highest BCUT2D eigenvalue weighted by Crippen LogP contribution is 2.22. The zero-order chi connectivity index (χ0) is 38.7. The second-order valence-corrected chi connectivity index (χ2v) is 16.6. The van der Waals surface area contributed by atoms with Gasteiger partial charge in [0, 0.05) is 26.1 Å². The van der Waals surface area contributed by atoms with Crippen molar-refractivity contribution < 1.29 is 33.6 Å². The van der Waals surface area contributed by atoms with E-state index >= 15 is 0 Å². The van der Waals surface area contributed by atoms with Crippen LogP contribution >= 0.6 is 0 Å². The number of rotatable bonds is 11. The number of fused-ring (bicyclic) bond motifs is 1. The topological polar surface area (TPSA) is 186 Å². The lowest BCUT2D eigenvalue weighted by Gasteiger charge is -2.32. The molecule has 0 bridgehead atoms. The lowest BCUT2D eigenvalue weighted by molar-refractivity contribution is -0.143. The van der Waals surface area contributed by atoms with Crippen molar-refractivity contribution in [1.29, 1.82) is 0 Å². The third-order valence-corrected chi connectivity index (χ3v) is 9.92. The van der Waals surface area contributed by atoms with Gasteiger partial charge in [-0.1, -0.05) is 55.4 Å². The number of carbonyl (C=O) groups is 7. The number of carbonyl (C=O) groups excluding carboxylic acids is 7. The van der Waals surface area contributed by atoms with Crippen LogP contribution in [0.4, 0.5) is 0 Å². The van der Waals surface area contributed by atoms with E-state index in [0.717, 1.165) is 12.8 Å².